The van der Waals surface area contributed by atoms with E-state index in [0.717, 1.165) is 42.7 Å². The molecule has 0 bridgehead atoms. The maximum atomic E-state index is 12.0. The van der Waals surface area contributed by atoms with E-state index in [-0.39, 0.29) is 11.5 Å². The summed E-state index contributed by atoms with van der Waals surface area (Å²) < 4.78 is 5.43. The highest BCUT2D eigenvalue weighted by Gasteiger charge is 2.20. The van der Waals surface area contributed by atoms with Gasteiger partial charge in [0.25, 0.3) is 0 Å². The Kier molecular flexibility index (Phi) is 4.95. The van der Waals surface area contributed by atoms with Crippen molar-refractivity contribution in [1.29, 1.82) is 0 Å². The predicted octanol–water partition coefficient (Wildman–Crippen LogP) is 2.89. The van der Waals surface area contributed by atoms with E-state index in [9.17, 15) is 9.59 Å². The second-order valence-corrected chi connectivity index (χ2v) is 7.23. The van der Waals surface area contributed by atoms with Crippen LogP contribution in [0.5, 0.6) is 0 Å². The number of piperazine rings is 1. The van der Waals surface area contributed by atoms with Gasteiger partial charge in [-0.25, -0.2) is 4.79 Å². The number of benzene rings is 1. The van der Waals surface area contributed by atoms with E-state index in [2.05, 4.69) is 31.7 Å². The summed E-state index contributed by atoms with van der Waals surface area (Å²) in [5.41, 5.74) is 3.79. The van der Waals surface area contributed by atoms with Crippen molar-refractivity contribution in [2.75, 3.05) is 26.2 Å². The molecule has 1 aliphatic rings. The normalized spacial score (nSPS) is 16.0. The van der Waals surface area contributed by atoms with Crippen LogP contribution in [0, 0.1) is 6.92 Å². The van der Waals surface area contributed by atoms with E-state index in [0.29, 0.717) is 18.0 Å². The monoisotopic (exact) mass is 342 g/mol. The molecule has 1 saturated heterocycles. The summed E-state index contributed by atoms with van der Waals surface area (Å²) in [5.74, 6) is 0.547. The third-order valence-corrected chi connectivity index (χ3v) is 5.05. The number of aryl methyl sites for hydroxylation is 1. The molecule has 1 aliphatic heterocycles. The molecule has 0 spiro atoms. The first-order chi connectivity index (χ1) is 11.8. The number of hydrogen-bond donors (Lipinski definition) is 0. The number of hydrogen-bond acceptors (Lipinski definition) is 4. The summed E-state index contributed by atoms with van der Waals surface area (Å²) in [6.07, 6.45) is 0. The van der Waals surface area contributed by atoms with Gasteiger partial charge in [0.1, 0.15) is 5.58 Å². The molecule has 1 aromatic carbocycles. The lowest BCUT2D eigenvalue weighted by Crippen LogP contribution is -2.47. The largest absolute Gasteiger partial charge is 0.423 e. The molecule has 5 heteroatoms. The van der Waals surface area contributed by atoms with Crippen LogP contribution in [-0.4, -0.2) is 41.9 Å². The lowest BCUT2D eigenvalue weighted by molar-refractivity contribution is -0.130. The Morgan fingerprint density at radius 1 is 1.16 bits per heavy atom. The van der Waals surface area contributed by atoms with Crippen LogP contribution in [0.2, 0.25) is 0 Å². The van der Waals surface area contributed by atoms with E-state index < -0.39 is 0 Å². The van der Waals surface area contributed by atoms with Crippen LogP contribution in [0.3, 0.4) is 0 Å². The number of nitrogens with zero attached hydrogens (tertiary/aromatic N) is 2. The Bertz CT molecular complexity index is 846. The minimum Gasteiger partial charge on any atom is -0.423 e. The number of fused-ring (bicyclic) bond motifs is 1. The van der Waals surface area contributed by atoms with Crippen LogP contribution in [0.1, 0.15) is 43.4 Å². The van der Waals surface area contributed by atoms with Gasteiger partial charge >= 0.3 is 5.63 Å². The summed E-state index contributed by atoms with van der Waals surface area (Å²) in [6.45, 7) is 11.9. The van der Waals surface area contributed by atoms with Crippen LogP contribution < -0.4 is 5.63 Å². The lowest BCUT2D eigenvalue weighted by atomic mass is 9.95. The van der Waals surface area contributed by atoms with Crippen molar-refractivity contribution >= 4 is 16.9 Å². The molecule has 0 atom stereocenters. The smallest absolute Gasteiger partial charge is 0.336 e. The average Bonchev–Trinajstić information content (AvgIpc) is 2.54. The first kappa shape index (κ1) is 17.7. The van der Waals surface area contributed by atoms with Gasteiger partial charge in [-0.05, 0) is 41.7 Å². The fourth-order valence-electron chi connectivity index (χ4n) is 3.61. The fourth-order valence-corrected chi connectivity index (χ4v) is 3.61. The molecule has 3 rings (SSSR count). The summed E-state index contributed by atoms with van der Waals surface area (Å²) >= 11 is 0. The quantitative estimate of drug-likeness (QED) is 0.805. The van der Waals surface area contributed by atoms with E-state index >= 15 is 0 Å². The molecular weight excluding hydrogens is 316 g/mol. The van der Waals surface area contributed by atoms with Crippen molar-refractivity contribution in [1.82, 2.24) is 9.80 Å². The standard InChI is InChI=1S/C20H26N2O3/c1-13(2)17-11-18-16(10-20(24)25-19(18)9-14(17)3)12-21-5-7-22(8-6-21)15(4)23/h9-11,13H,5-8,12H2,1-4H3. The molecule has 5 nitrogen and oxygen atoms in total. The molecular formula is C20H26N2O3. The SMILES string of the molecule is CC(=O)N1CCN(Cc2cc(=O)oc3cc(C)c(C(C)C)cc23)CC1. The molecule has 134 valence electrons. The van der Waals surface area contributed by atoms with Crippen LogP contribution >= 0.6 is 0 Å². The van der Waals surface area contributed by atoms with Gasteiger partial charge in [-0.1, -0.05) is 13.8 Å². The summed E-state index contributed by atoms with van der Waals surface area (Å²) in [6, 6.07) is 5.75. The second kappa shape index (κ2) is 7.00. The molecule has 1 aromatic heterocycles. The maximum absolute atomic E-state index is 12.0. The summed E-state index contributed by atoms with van der Waals surface area (Å²) in [5, 5.41) is 1.02. The van der Waals surface area contributed by atoms with Gasteiger partial charge < -0.3 is 9.32 Å². The highest BCUT2D eigenvalue weighted by molar-refractivity contribution is 5.82. The molecule has 0 N–H and O–H groups in total. The van der Waals surface area contributed by atoms with Crippen LogP contribution in [0.15, 0.2) is 27.4 Å². The van der Waals surface area contributed by atoms with Gasteiger partial charge in [0.15, 0.2) is 0 Å². The third-order valence-electron chi connectivity index (χ3n) is 5.05. The highest BCUT2D eigenvalue weighted by Crippen LogP contribution is 2.27. The minimum absolute atomic E-state index is 0.127. The van der Waals surface area contributed by atoms with E-state index in [1.165, 1.54) is 5.56 Å². The van der Waals surface area contributed by atoms with E-state index in [4.69, 9.17) is 4.42 Å². The summed E-state index contributed by atoms with van der Waals surface area (Å²) in [4.78, 5) is 27.6. The number of rotatable bonds is 3. The number of amides is 1. The Hall–Kier alpha value is -2.14. The third kappa shape index (κ3) is 3.76. The Labute approximate surface area is 148 Å². The number of carbonyl (C=O) groups is 1. The van der Waals surface area contributed by atoms with Crippen molar-refractivity contribution in [3.8, 4) is 0 Å². The topological polar surface area (TPSA) is 53.8 Å². The molecule has 25 heavy (non-hydrogen) atoms. The predicted molar refractivity (Wildman–Crippen MR) is 98.8 cm³/mol. The van der Waals surface area contributed by atoms with Crippen molar-refractivity contribution < 1.29 is 9.21 Å². The fraction of sp³-hybridized carbons (Fsp3) is 0.500. The Morgan fingerprint density at radius 2 is 1.84 bits per heavy atom. The molecule has 2 aromatic rings. The molecule has 0 unspecified atom stereocenters. The zero-order valence-corrected chi connectivity index (χ0v) is 15.5. The average molecular weight is 342 g/mol. The van der Waals surface area contributed by atoms with Crippen LogP contribution in [-0.2, 0) is 11.3 Å². The Morgan fingerprint density at radius 3 is 2.44 bits per heavy atom. The van der Waals surface area contributed by atoms with Crippen LogP contribution in [0.25, 0.3) is 11.0 Å². The van der Waals surface area contributed by atoms with Crippen molar-refractivity contribution in [2.24, 2.45) is 0 Å². The van der Waals surface area contributed by atoms with Gasteiger partial charge in [-0.15, -0.1) is 0 Å². The van der Waals surface area contributed by atoms with Crippen molar-refractivity contribution in [2.45, 2.75) is 40.2 Å². The highest BCUT2D eigenvalue weighted by atomic mass is 16.4. The molecule has 0 aliphatic carbocycles. The van der Waals surface area contributed by atoms with Gasteiger partial charge in [-0.3, -0.25) is 9.69 Å². The second-order valence-electron chi connectivity index (χ2n) is 7.23. The van der Waals surface area contributed by atoms with Crippen molar-refractivity contribution in [3.63, 3.8) is 0 Å². The van der Waals surface area contributed by atoms with Crippen molar-refractivity contribution in [3.05, 3.63) is 45.3 Å². The molecule has 1 fully saturated rings. The van der Waals surface area contributed by atoms with Gasteiger partial charge in [0.2, 0.25) is 5.91 Å². The van der Waals surface area contributed by atoms with E-state index in [1.807, 2.05) is 11.0 Å². The summed E-state index contributed by atoms with van der Waals surface area (Å²) in [7, 11) is 0. The first-order valence-corrected chi connectivity index (χ1v) is 8.90. The molecule has 0 saturated carbocycles. The van der Waals surface area contributed by atoms with Gasteiger partial charge in [-0.2, -0.15) is 0 Å². The van der Waals surface area contributed by atoms with E-state index in [1.54, 1.807) is 13.0 Å². The lowest BCUT2D eigenvalue weighted by Gasteiger charge is -2.34. The first-order valence-electron chi connectivity index (χ1n) is 8.90. The zero-order valence-electron chi connectivity index (χ0n) is 15.5. The molecule has 0 radical (unpaired) electrons. The molecule has 1 amide bonds. The van der Waals surface area contributed by atoms with Gasteiger partial charge in [0, 0.05) is 51.1 Å². The van der Waals surface area contributed by atoms with Crippen LogP contribution in [0.4, 0.5) is 0 Å². The molecule has 2 heterocycles. The van der Waals surface area contributed by atoms with Gasteiger partial charge in [0.05, 0.1) is 0 Å². The number of carbonyl (C=O) groups excluding carboxylic acids is 1. The maximum Gasteiger partial charge on any atom is 0.336 e. The Balaban J connectivity index is 1.92. The minimum atomic E-state index is -0.304. The zero-order chi connectivity index (χ0) is 18.1.